The minimum absolute atomic E-state index is 0.0271. The van der Waals surface area contributed by atoms with Crippen molar-refractivity contribution in [2.45, 2.75) is 0 Å². The lowest BCUT2D eigenvalue weighted by Crippen LogP contribution is -2.52. The summed E-state index contributed by atoms with van der Waals surface area (Å²) in [5.41, 5.74) is 0.982. The first-order valence-corrected chi connectivity index (χ1v) is 8.74. The number of urea groups is 1. The highest BCUT2D eigenvalue weighted by Gasteiger charge is 2.22. The van der Waals surface area contributed by atoms with Gasteiger partial charge in [-0.1, -0.05) is 11.3 Å². The SMILES string of the molecule is COCCNC(=O)N1CCN(c2nc3ccc(OC)cc3s2)CC1. The topological polar surface area (TPSA) is 66.9 Å². The summed E-state index contributed by atoms with van der Waals surface area (Å²) >= 11 is 1.66. The van der Waals surface area contributed by atoms with E-state index in [0.29, 0.717) is 26.2 Å². The highest BCUT2D eigenvalue weighted by atomic mass is 32.1. The zero-order valence-electron chi connectivity index (χ0n) is 13.9. The fourth-order valence-corrected chi connectivity index (χ4v) is 3.67. The number of amides is 2. The molecule has 2 heterocycles. The summed E-state index contributed by atoms with van der Waals surface area (Å²) in [6, 6.07) is 5.89. The fraction of sp³-hybridized carbons (Fsp3) is 0.500. The number of anilines is 1. The number of carbonyl (C=O) groups is 1. The van der Waals surface area contributed by atoms with E-state index in [1.54, 1.807) is 25.6 Å². The molecule has 0 radical (unpaired) electrons. The number of hydrogen-bond acceptors (Lipinski definition) is 6. The number of piperazine rings is 1. The van der Waals surface area contributed by atoms with Crippen molar-refractivity contribution in [2.75, 3.05) is 58.5 Å². The standard InChI is InChI=1S/C16H22N4O3S/c1-22-10-5-17-15(21)19-6-8-20(9-7-19)16-18-13-4-3-12(23-2)11-14(13)24-16/h3-4,11H,5-10H2,1-2H3,(H,17,21). The summed E-state index contributed by atoms with van der Waals surface area (Å²) in [4.78, 5) is 20.8. The summed E-state index contributed by atoms with van der Waals surface area (Å²) < 4.78 is 11.3. The third-order valence-corrected chi connectivity index (χ3v) is 5.08. The maximum atomic E-state index is 12.0. The summed E-state index contributed by atoms with van der Waals surface area (Å²) in [7, 11) is 3.29. The van der Waals surface area contributed by atoms with Crippen molar-refractivity contribution < 1.29 is 14.3 Å². The van der Waals surface area contributed by atoms with Crippen LogP contribution in [0.2, 0.25) is 0 Å². The van der Waals surface area contributed by atoms with Gasteiger partial charge in [-0.05, 0) is 18.2 Å². The van der Waals surface area contributed by atoms with Crippen molar-refractivity contribution >= 4 is 32.7 Å². The number of carbonyl (C=O) groups excluding carboxylic acids is 1. The van der Waals surface area contributed by atoms with Crippen molar-refractivity contribution in [1.82, 2.24) is 15.2 Å². The average molecular weight is 350 g/mol. The van der Waals surface area contributed by atoms with Gasteiger partial charge in [0.25, 0.3) is 0 Å². The van der Waals surface area contributed by atoms with Crippen LogP contribution in [0.3, 0.4) is 0 Å². The number of fused-ring (bicyclic) bond motifs is 1. The Hall–Kier alpha value is -2.06. The largest absolute Gasteiger partial charge is 0.497 e. The van der Waals surface area contributed by atoms with Crippen LogP contribution >= 0.6 is 11.3 Å². The Morgan fingerprint density at radius 2 is 2.08 bits per heavy atom. The Labute approximate surface area is 145 Å². The zero-order valence-corrected chi connectivity index (χ0v) is 14.8. The normalized spacial score (nSPS) is 14.9. The van der Waals surface area contributed by atoms with E-state index in [1.807, 2.05) is 23.1 Å². The number of nitrogens with zero attached hydrogens (tertiary/aromatic N) is 3. The second-order valence-corrected chi connectivity index (χ2v) is 6.54. The Kier molecular flexibility index (Phi) is 5.37. The number of benzene rings is 1. The zero-order chi connectivity index (χ0) is 16.9. The molecule has 8 heteroatoms. The van der Waals surface area contributed by atoms with Crippen LogP contribution < -0.4 is 15.0 Å². The first kappa shape index (κ1) is 16.8. The highest BCUT2D eigenvalue weighted by Crippen LogP contribution is 2.31. The molecular weight excluding hydrogens is 328 g/mol. The molecule has 3 rings (SSSR count). The molecule has 0 saturated carbocycles. The Morgan fingerprint density at radius 3 is 2.79 bits per heavy atom. The fourth-order valence-electron chi connectivity index (χ4n) is 2.63. The molecule has 1 N–H and O–H groups in total. The number of rotatable bonds is 5. The molecule has 1 aliphatic rings. The third-order valence-electron chi connectivity index (χ3n) is 4.00. The van der Waals surface area contributed by atoms with Crippen LogP contribution in [0.1, 0.15) is 0 Å². The van der Waals surface area contributed by atoms with E-state index in [-0.39, 0.29) is 6.03 Å². The quantitative estimate of drug-likeness (QED) is 0.833. The first-order valence-electron chi connectivity index (χ1n) is 7.92. The van der Waals surface area contributed by atoms with Gasteiger partial charge in [-0.2, -0.15) is 0 Å². The molecule has 2 aromatic rings. The van der Waals surface area contributed by atoms with E-state index in [2.05, 4.69) is 10.2 Å². The van der Waals surface area contributed by atoms with E-state index >= 15 is 0 Å². The average Bonchev–Trinajstić information content (AvgIpc) is 3.05. The molecule has 0 aliphatic carbocycles. The molecule has 0 atom stereocenters. The lowest BCUT2D eigenvalue weighted by molar-refractivity contribution is 0.177. The maximum absolute atomic E-state index is 12.0. The Morgan fingerprint density at radius 1 is 1.29 bits per heavy atom. The molecule has 7 nitrogen and oxygen atoms in total. The molecule has 0 unspecified atom stereocenters. The van der Waals surface area contributed by atoms with Gasteiger partial charge in [-0.3, -0.25) is 0 Å². The lowest BCUT2D eigenvalue weighted by Gasteiger charge is -2.34. The van der Waals surface area contributed by atoms with Crippen molar-refractivity contribution in [2.24, 2.45) is 0 Å². The number of thiazole rings is 1. The van der Waals surface area contributed by atoms with E-state index in [4.69, 9.17) is 14.5 Å². The van der Waals surface area contributed by atoms with Gasteiger partial charge in [0.05, 0.1) is 23.9 Å². The predicted octanol–water partition coefficient (Wildman–Crippen LogP) is 1.78. The summed E-state index contributed by atoms with van der Waals surface area (Å²) in [6.45, 7) is 4.02. The summed E-state index contributed by atoms with van der Waals surface area (Å²) in [5.74, 6) is 0.843. The third kappa shape index (κ3) is 3.70. The van der Waals surface area contributed by atoms with Crippen LogP contribution in [0.5, 0.6) is 5.75 Å². The molecule has 2 amide bonds. The van der Waals surface area contributed by atoms with Crippen LogP contribution in [0, 0.1) is 0 Å². The number of aromatic nitrogens is 1. The van der Waals surface area contributed by atoms with E-state index in [1.165, 1.54) is 0 Å². The lowest BCUT2D eigenvalue weighted by atomic mass is 10.3. The number of hydrogen-bond donors (Lipinski definition) is 1. The van der Waals surface area contributed by atoms with Gasteiger partial charge in [-0.15, -0.1) is 0 Å². The summed E-state index contributed by atoms with van der Waals surface area (Å²) in [6.07, 6.45) is 0. The number of ether oxygens (including phenoxy) is 2. The minimum Gasteiger partial charge on any atom is -0.497 e. The van der Waals surface area contributed by atoms with Crippen molar-refractivity contribution in [3.05, 3.63) is 18.2 Å². The van der Waals surface area contributed by atoms with Gasteiger partial charge in [0, 0.05) is 39.8 Å². The van der Waals surface area contributed by atoms with Crippen LogP contribution in [0.25, 0.3) is 10.2 Å². The van der Waals surface area contributed by atoms with Gasteiger partial charge < -0.3 is 24.6 Å². The second-order valence-electron chi connectivity index (χ2n) is 5.53. The van der Waals surface area contributed by atoms with Gasteiger partial charge in [-0.25, -0.2) is 9.78 Å². The number of nitrogens with one attached hydrogen (secondary N) is 1. The van der Waals surface area contributed by atoms with Crippen molar-refractivity contribution in [1.29, 1.82) is 0 Å². The van der Waals surface area contributed by atoms with Gasteiger partial charge >= 0.3 is 6.03 Å². The van der Waals surface area contributed by atoms with Gasteiger partial charge in [0.1, 0.15) is 5.75 Å². The van der Waals surface area contributed by atoms with Gasteiger partial charge in [0.15, 0.2) is 5.13 Å². The van der Waals surface area contributed by atoms with Crippen LogP contribution in [-0.4, -0.2) is 69.5 Å². The molecule has 1 saturated heterocycles. The maximum Gasteiger partial charge on any atom is 0.317 e. The van der Waals surface area contributed by atoms with Crippen molar-refractivity contribution in [3.63, 3.8) is 0 Å². The minimum atomic E-state index is -0.0271. The summed E-state index contributed by atoms with van der Waals surface area (Å²) in [5, 5.41) is 3.86. The predicted molar refractivity (Wildman–Crippen MR) is 95.2 cm³/mol. The monoisotopic (exact) mass is 350 g/mol. The first-order chi connectivity index (χ1) is 11.7. The molecule has 0 bridgehead atoms. The molecule has 1 aromatic carbocycles. The van der Waals surface area contributed by atoms with Crippen LogP contribution in [-0.2, 0) is 4.74 Å². The van der Waals surface area contributed by atoms with Gasteiger partial charge in [0.2, 0.25) is 0 Å². The number of methoxy groups -OCH3 is 2. The molecule has 24 heavy (non-hydrogen) atoms. The second kappa shape index (κ2) is 7.67. The van der Waals surface area contributed by atoms with E-state index in [0.717, 1.165) is 34.2 Å². The molecular formula is C16H22N4O3S. The van der Waals surface area contributed by atoms with Crippen LogP contribution in [0.15, 0.2) is 18.2 Å². The Balaban J connectivity index is 1.59. The Bertz CT molecular complexity index is 698. The highest BCUT2D eigenvalue weighted by molar-refractivity contribution is 7.22. The molecule has 130 valence electrons. The molecule has 1 aromatic heterocycles. The van der Waals surface area contributed by atoms with Crippen molar-refractivity contribution in [3.8, 4) is 5.75 Å². The van der Waals surface area contributed by atoms with E-state index in [9.17, 15) is 4.79 Å². The molecule has 1 fully saturated rings. The molecule has 0 spiro atoms. The smallest absolute Gasteiger partial charge is 0.317 e. The molecule has 1 aliphatic heterocycles. The van der Waals surface area contributed by atoms with E-state index < -0.39 is 0 Å². The van der Waals surface area contributed by atoms with Crippen LogP contribution in [0.4, 0.5) is 9.93 Å².